The molecule has 0 amide bonds. The summed E-state index contributed by atoms with van der Waals surface area (Å²) in [7, 11) is 1.72. The lowest BCUT2D eigenvalue weighted by Crippen LogP contribution is -2.40. The molecule has 1 unspecified atom stereocenters. The maximum absolute atomic E-state index is 13.5. The summed E-state index contributed by atoms with van der Waals surface area (Å²) in [5.74, 6) is 1.01. The molecular weight excluding hydrogens is 425 g/mol. The first-order chi connectivity index (χ1) is 16.0. The number of alkyl halides is 1. The molecule has 33 heavy (non-hydrogen) atoms. The summed E-state index contributed by atoms with van der Waals surface area (Å²) in [5.41, 5.74) is 3.16. The van der Waals surface area contributed by atoms with E-state index in [0.29, 0.717) is 36.8 Å². The third-order valence-electron chi connectivity index (χ3n) is 5.70. The van der Waals surface area contributed by atoms with Crippen LogP contribution in [0.25, 0.3) is 22.0 Å². The van der Waals surface area contributed by atoms with E-state index in [1.54, 1.807) is 36.3 Å². The lowest BCUT2D eigenvalue weighted by molar-refractivity contribution is 0.0208. The lowest BCUT2D eigenvalue weighted by atomic mass is 10.1. The molecule has 9 heteroatoms. The van der Waals surface area contributed by atoms with Crippen molar-refractivity contribution >= 4 is 16.9 Å². The normalized spacial score (nSPS) is 14.8. The second-order valence-electron chi connectivity index (χ2n) is 8.06. The van der Waals surface area contributed by atoms with E-state index in [1.165, 1.54) is 6.92 Å². The molecule has 1 N–H and O–H groups in total. The molecule has 0 bridgehead atoms. The Balaban J connectivity index is 1.50. The van der Waals surface area contributed by atoms with Crippen molar-refractivity contribution in [2.75, 3.05) is 18.5 Å². The van der Waals surface area contributed by atoms with Crippen molar-refractivity contribution in [1.29, 1.82) is 0 Å². The van der Waals surface area contributed by atoms with Crippen LogP contribution in [0.1, 0.15) is 12.5 Å². The molecule has 0 radical (unpaired) electrons. The van der Waals surface area contributed by atoms with Crippen molar-refractivity contribution in [3.05, 3.63) is 70.8 Å². The Kier molecular flexibility index (Phi) is 5.55. The number of halogens is 1. The van der Waals surface area contributed by atoms with E-state index in [4.69, 9.17) is 9.47 Å². The Hall–Kier alpha value is -3.72. The van der Waals surface area contributed by atoms with Gasteiger partial charge in [-0.1, -0.05) is 24.3 Å². The molecule has 0 saturated carbocycles. The smallest absolute Gasteiger partial charge is 0.274 e. The van der Waals surface area contributed by atoms with Crippen molar-refractivity contribution < 1.29 is 13.9 Å². The van der Waals surface area contributed by atoms with Crippen LogP contribution in [-0.2, 0) is 18.3 Å². The van der Waals surface area contributed by atoms with Gasteiger partial charge in [0, 0.05) is 37.5 Å². The monoisotopic (exact) mass is 449 g/mol. The molecule has 0 aliphatic carbocycles. The summed E-state index contributed by atoms with van der Waals surface area (Å²) >= 11 is 0. The zero-order chi connectivity index (χ0) is 22.9. The number of aromatic nitrogens is 4. The van der Waals surface area contributed by atoms with Crippen LogP contribution < -0.4 is 15.6 Å². The van der Waals surface area contributed by atoms with E-state index in [0.717, 1.165) is 22.2 Å². The molecule has 1 saturated heterocycles. The highest BCUT2D eigenvalue weighted by Crippen LogP contribution is 2.26. The molecule has 1 fully saturated rings. The lowest BCUT2D eigenvalue weighted by Gasteiger charge is -2.26. The highest BCUT2D eigenvalue weighted by Gasteiger charge is 2.19. The number of hydrogen-bond acceptors (Lipinski definition) is 6. The number of ether oxygens (including phenoxy) is 2. The zero-order valence-electron chi connectivity index (χ0n) is 18.4. The van der Waals surface area contributed by atoms with Gasteiger partial charge in [0.2, 0.25) is 12.3 Å². The first-order valence-corrected chi connectivity index (χ1v) is 10.7. The Morgan fingerprint density at radius 1 is 1.18 bits per heavy atom. The van der Waals surface area contributed by atoms with E-state index >= 15 is 0 Å². The van der Waals surface area contributed by atoms with Crippen LogP contribution in [0.5, 0.6) is 5.75 Å². The minimum absolute atomic E-state index is 0.104. The SMILES string of the molecule is CC(F)Oc1ccccc1Cn1c2cc(-c3cnc(NC4COC4)nc3)ccc2c(=O)n1C. The second kappa shape index (κ2) is 8.67. The predicted molar refractivity (Wildman–Crippen MR) is 123 cm³/mol. The highest BCUT2D eigenvalue weighted by molar-refractivity contribution is 5.84. The van der Waals surface area contributed by atoms with Crippen molar-refractivity contribution in [3.8, 4) is 16.9 Å². The molecule has 1 atom stereocenters. The van der Waals surface area contributed by atoms with Gasteiger partial charge in [-0.05, 0) is 23.8 Å². The number of para-hydroxylation sites is 1. The van der Waals surface area contributed by atoms with Gasteiger partial charge in [0.1, 0.15) is 5.75 Å². The third-order valence-corrected chi connectivity index (χ3v) is 5.70. The Morgan fingerprint density at radius 2 is 1.94 bits per heavy atom. The summed E-state index contributed by atoms with van der Waals surface area (Å²) in [4.78, 5) is 21.6. The third kappa shape index (κ3) is 4.19. The van der Waals surface area contributed by atoms with Crippen LogP contribution in [0.4, 0.5) is 10.3 Å². The molecule has 2 aromatic heterocycles. The maximum atomic E-state index is 13.5. The summed E-state index contributed by atoms with van der Waals surface area (Å²) < 4.78 is 27.4. The largest absolute Gasteiger partial charge is 0.460 e. The van der Waals surface area contributed by atoms with E-state index < -0.39 is 6.36 Å². The van der Waals surface area contributed by atoms with Gasteiger partial charge in [0.25, 0.3) is 5.56 Å². The zero-order valence-corrected chi connectivity index (χ0v) is 18.4. The fourth-order valence-corrected chi connectivity index (χ4v) is 3.88. The molecule has 1 aliphatic rings. The van der Waals surface area contributed by atoms with Crippen LogP contribution in [0, 0.1) is 0 Å². The number of nitrogens with one attached hydrogen (secondary N) is 1. The van der Waals surface area contributed by atoms with Gasteiger partial charge in [-0.3, -0.25) is 14.2 Å². The van der Waals surface area contributed by atoms with Crippen LogP contribution >= 0.6 is 0 Å². The molecular formula is C24H24FN5O3. The summed E-state index contributed by atoms with van der Waals surface area (Å²) in [5, 5.41) is 3.82. The Morgan fingerprint density at radius 3 is 2.64 bits per heavy atom. The first-order valence-electron chi connectivity index (χ1n) is 10.7. The number of rotatable bonds is 7. The van der Waals surface area contributed by atoms with Crippen LogP contribution in [-0.4, -0.2) is 44.9 Å². The van der Waals surface area contributed by atoms with Gasteiger partial charge >= 0.3 is 0 Å². The fraction of sp³-hybridized carbons (Fsp3) is 0.292. The predicted octanol–water partition coefficient (Wildman–Crippen LogP) is 3.35. The van der Waals surface area contributed by atoms with E-state index in [9.17, 15) is 9.18 Å². The molecule has 8 nitrogen and oxygen atoms in total. The van der Waals surface area contributed by atoms with Gasteiger partial charge in [-0.25, -0.2) is 14.4 Å². The van der Waals surface area contributed by atoms with Gasteiger partial charge < -0.3 is 14.8 Å². The van der Waals surface area contributed by atoms with Crippen molar-refractivity contribution in [1.82, 2.24) is 19.3 Å². The molecule has 2 aromatic carbocycles. The molecule has 3 heterocycles. The second-order valence-corrected chi connectivity index (χ2v) is 8.06. The average molecular weight is 449 g/mol. The molecule has 5 rings (SSSR count). The Bertz CT molecular complexity index is 1340. The first kappa shape index (κ1) is 21.1. The fourth-order valence-electron chi connectivity index (χ4n) is 3.88. The van der Waals surface area contributed by atoms with Gasteiger partial charge in [0.05, 0.1) is 36.7 Å². The van der Waals surface area contributed by atoms with Crippen LogP contribution in [0.2, 0.25) is 0 Å². The molecule has 170 valence electrons. The van der Waals surface area contributed by atoms with Gasteiger partial charge in [0.15, 0.2) is 0 Å². The topological polar surface area (TPSA) is 83.2 Å². The standard InChI is InChI=1S/C24H24FN5O3/c1-15(25)33-22-6-4-3-5-17(22)12-30-21-9-16(7-8-20(21)23(31)29(30)2)18-10-26-24(27-11-18)28-19-13-32-14-19/h3-11,15,19H,12-14H2,1-2H3,(H,26,27,28). The van der Waals surface area contributed by atoms with E-state index in [1.807, 2.05) is 35.0 Å². The summed E-state index contributed by atoms with van der Waals surface area (Å²) in [6, 6.07) is 13.1. The Labute approximate surface area is 189 Å². The minimum atomic E-state index is -1.43. The highest BCUT2D eigenvalue weighted by atomic mass is 19.1. The number of nitrogens with zero attached hydrogens (tertiary/aromatic N) is 4. The maximum Gasteiger partial charge on any atom is 0.274 e. The van der Waals surface area contributed by atoms with Crippen molar-refractivity contribution in [3.63, 3.8) is 0 Å². The van der Waals surface area contributed by atoms with E-state index in [2.05, 4.69) is 15.3 Å². The molecule has 4 aromatic rings. The number of anilines is 1. The minimum Gasteiger partial charge on any atom is -0.460 e. The van der Waals surface area contributed by atoms with Gasteiger partial charge in [-0.2, -0.15) is 0 Å². The average Bonchev–Trinajstić information content (AvgIpc) is 3.02. The van der Waals surface area contributed by atoms with Crippen LogP contribution in [0.3, 0.4) is 0 Å². The molecule has 1 aliphatic heterocycles. The summed E-state index contributed by atoms with van der Waals surface area (Å²) in [6.45, 7) is 3.01. The molecule has 0 spiro atoms. The number of hydrogen-bond donors (Lipinski definition) is 1. The van der Waals surface area contributed by atoms with Crippen molar-refractivity contribution in [2.24, 2.45) is 7.05 Å². The van der Waals surface area contributed by atoms with E-state index in [-0.39, 0.29) is 11.6 Å². The number of fused-ring (bicyclic) bond motifs is 1. The van der Waals surface area contributed by atoms with Crippen LogP contribution in [0.15, 0.2) is 59.7 Å². The van der Waals surface area contributed by atoms with Crippen molar-refractivity contribution in [2.45, 2.75) is 25.9 Å². The summed E-state index contributed by atoms with van der Waals surface area (Å²) in [6.07, 6.45) is 2.08. The number of benzene rings is 2. The quantitative estimate of drug-likeness (QED) is 0.466. The van der Waals surface area contributed by atoms with Gasteiger partial charge in [-0.15, -0.1) is 0 Å².